The maximum atomic E-state index is 12.3. The number of piperidine rings is 1. The molecule has 0 aliphatic carbocycles. The standard InChI is InChI=1S/C15H24N2O2/c1-15(2,3)12-4-6-17(7-5-12)14(18)11-8-13(9-16)19-10-11/h8,10,12H,4-7,9,16H2,1-3H3. The maximum Gasteiger partial charge on any atom is 0.257 e. The second kappa shape index (κ2) is 5.37. The van der Waals surface area contributed by atoms with Crippen molar-refractivity contribution in [3.63, 3.8) is 0 Å². The number of nitrogens with zero attached hydrogens (tertiary/aromatic N) is 1. The van der Waals surface area contributed by atoms with Gasteiger partial charge < -0.3 is 15.1 Å². The van der Waals surface area contributed by atoms with Crippen LogP contribution < -0.4 is 5.73 Å². The van der Waals surface area contributed by atoms with Gasteiger partial charge in [-0.25, -0.2) is 0 Å². The van der Waals surface area contributed by atoms with E-state index < -0.39 is 0 Å². The molecule has 1 aromatic heterocycles. The molecule has 2 N–H and O–H groups in total. The quantitative estimate of drug-likeness (QED) is 0.893. The Morgan fingerprint density at radius 2 is 2.05 bits per heavy atom. The normalized spacial score (nSPS) is 17.8. The monoisotopic (exact) mass is 264 g/mol. The van der Waals surface area contributed by atoms with E-state index in [1.165, 1.54) is 6.26 Å². The highest BCUT2D eigenvalue weighted by Crippen LogP contribution is 2.34. The zero-order valence-corrected chi connectivity index (χ0v) is 12.1. The van der Waals surface area contributed by atoms with Gasteiger partial charge >= 0.3 is 0 Å². The summed E-state index contributed by atoms with van der Waals surface area (Å²) in [5.41, 5.74) is 6.44. The first-order chi connectivity index (χ1) is 8.91. The summed E-state index contributed by atoms with van der Waals surface area (Å²) in [6, 6.07) is 1.75. The minimum atomic E-state index is 0.0656. The van der Waals surface area contributed by atoms with Crippen LogP contribution in [0.15, 0.2) is 16.7 Å². The SMILES string of the molecule is CC(C)(C)C1CCN(C(=O)c2coc(CN)c2)CC1. The van der Waals surface area contributed by atoms with Crippen LogP contribution in [0.4, 0.5) is 0 Å². The summed E-state index contributed by atoms with van der Waals surface area (Å²) in [5, 5.41) is 0. The molecule has 1 fully saturated rings. The van der Waals surface area contributed by atoms with Gasteiger partial charge in [-0.05, 0) is 30.2 Å². The first-order valence-corrected chi connectivity index (χ1v) is 6.98. The van der Waals surface area contributed by atoms with Gasteiger partial charge in [0.25, 0.3) is 5.91 Å². The van der Waals surface area contributed by atoms with E-state index in [-0.39, 0.29) is 5.91 Å². The fourth-order valence-electron chi connectivity index (χ4n) is 2.73. The maximum absolute atomic E-state index is 12.3. The van der Waals surface area contributed by atoms with Crippen LogP contribution in [0, 0.1) is 11.3 Å². The van der Waals surface area contributed by atoms with Crippen molar-refractivity contribution < 1.29 is 9.21 Å². The zero-order chi connectivity index (χ0) is 14.0. The number of nitrogens with two attached hydrogens (primary N) is 1. The molecule has 0 aromatic carbocycles. The van der Waals surface area contributed by atoms with Crippen molar-refractivity contribution in [2.24, 2.45) is 17.1 Å². The highest BCUT2D eigenvalue weighted by atomic mass is 16.3. The molecule has 4 nitrogen and oxygen atoms in total. The van der Waals surface area contributed by atoms with Crippen LogP contribution in [0.1, 0.15) is 49.7 Å². The summed E-state index contributed by atoms with van der Waals surface area (Å²) in [6.07, 6.45) is 3.67. The number of amides is 1. The van der Waals surface area contributed by atoms with E-state index in [1.807, 2.05) is 4.90 Å². The van der Waals surface area contributed by atoms with Gasteiger partial charge in [-0.15, -0.1) is 0 Å². The number of likely N-dealkylation sites (tertiary alicyclic amines) is 1. The van der Waals surface area contributed by atoms with Gasteiger partial charge in [0, 0.05) is 13.1 Å². The second-order valence-corrected chi connectivity index (χ2v) is 6.44. The van der Waals surface area contributed by atoms with E-state index in [0.717, 1.165) is 25.9 Å². The molecule has 1 amide bonds. The van der Waals surface area contributed by atoms with Gasteiger partial charge in [-0.2, -0.15) is 0 Å². The van der Waals surface area contributed by atoms with Crippen molar-refractivity contribution >= 4 is 5.91 Å². The van der Waals surface area contributed by atoms with Gasteiger partial charge in [-0.1, -0.05) is 20.8 Å². The Hall–Kier alpha value is -1.29. The van der Waals surface area contributed by atoms with Crippen LogP contribution in [0.25, 0.3) is 0 Å². The van der Waals surface area contributed by atoms with E-state index in [9.17, 15) is 4.79 Å². The third-order valence-corrected chi connectivity index (χ3v) is 4.11. The Morgan fingerprint density at radius 3 is 2.53 bits per heavy atom. The molecule has 1 aliphatic rings. The lowest BCUT2D eigenvalue weighted by Gasteiger charge is -2.38. The molecule has 106 valence electrons. The van der Waals surface area contributed by atoms with Gasteiger partial charge in [0.05, 0.1) is 12.1 Å². The van der Waals surface area contributed by atoms with Crippen molar-refractivity contribution in [1.82, 2.24) is 4.90 Å². The number of rotatable bonds is 2. The van der Waals surface area contributed by atoms with Crippen LogP contribution in [0.3, 0.4) is 0 Å². The molecular weight excluding hydrogens is 240 g/mol. The Labute approximate surface area is 114 Å². The number of carbonyl (C=O) groups is 1. The first-order valence-electron chi connectivity index (χ1n) is 6.98. The summed E-state index contributed by atoms with van der Waals surface area (Å²) in [7, 11) is 0. The van der Waals surface area contributed by atoms with Crippen molar-refractivity contribution in [3.05, 3.63) is 23.7 Å². The van der Waals surface area contributed by atoms with Crippen molar-refractivity contribution in [2.45, 2.75) is 40.2 Å². The molecule has 2 rings (SSSR count). The highest BCUT2D eigenvalue weighted by Gasteiger charge is 2.30. The second-order valence-electron chi connectivity index (χ2n) is 6.44. The van der Waals surface area contributed by atoms with E-state index >= 15 is 0 Å². The van der Waals surface area contributed by atoms with E-state index in [4.69, 9.17) is 10.2 Å². The molecule has 0 saturated carbocycles. The zero-order valence-electron chi connectivity index (χ0n) is 12.1. The summed E-state index contributed by atoms with van der Waals surface area (Å²) < 4.78 is 5.23. The number of furan rings is 1. The number of hydrogen-bond donors (Lipinski definition) is 1. The summed E-state index contributed by atoms with van der Waals surface area (Å²) in [6.45, 7) is 8.84. The topological polar surface area (TPSA) is 59.5 Å². The summed E-state index contributed by atoms with van der Waals surface area (Å²) in [5.74, 6) is 1.42. The molecule has 1 saturated heterocycles. The molecule has 4 heteroatoms. The minimum Gasteiger partial charge on any atom is -0.467 e. The fraction of sp³-hybridized carbons (Fsp3) is 0.667. The molecule has 19 heavy (non-hydrogen) atoms. The van der Waals surface area contributed by atoms with Gasteiger partial charge in [0.2, 0.25) is 0 Å². The molecule has 0 radical (unpaired) electrons. The van der Waals surface area contributed by atoms with Gasteiger partial charge in [0.15, 0.2) is 0 Å². The Bertz CT molecular complexity index is 437. The molecule has 0 bridgehead atoms. The Morgan fingerprint density at radius 1 is 1.42 bits per heavy atom. The first kappa shape index (κ1) is 14.1. The van der Waals surface area contributed by atoms with Gasteiger partial charge in [-0.3, -0.25) is 4.79 Å². The Kier molecular flexibility index (Phi) is 3.99. The van der Waals surface area contributed by atoms with Crippen LogP contribution >= 0.6 is 0 Å². The van der Waals surface area contributed by atoms with E-state index in [1.54, 1.807) is 6.07 Å². The molecule has 1 aromatic rings. The third-order valence-electron chi connectivity index (χ3n) is 4.11. The molecule has 1 aliphatic heterocycles. The highest BCUT2D eigenvalue weighted by molar-refractivity contribution is 5.94. The predicted molar refractivity (Wildman–Crippen MR) is 74.7 cm³/mol. The van der Waals surface area contributed by atoms with Gasteiger partial charge in [0.1, 0.15) is 12.0 Å². The number of hydrogen-bond acceptors (Lipinski definition) is 3. The smallest absolute Gasteiger partial charge is 0.257 e. The molecule has 0 spiro atoms. The lowest BCUT2D eigenvalue weighted by Crippen LogP contribution is -2.41. The van der Waals surface area contributed by atoms with E-state index in [0.29, 0.717) is 29.2 Å². The largest absolute Gasteiger partial charge is 0.467 e. The summed E-state index contributed by atoms with van der Waals surface area (Å²) in [4.78, 5) is 14.2. The van der Waals surface area contributed by atoms with Crippen LogP contribution in [-0.2, 0) is 6.54 Å². The Balaban J connectivity index is 1.96. The van der Waals surface area contributed by atoms with Crippen LogP contribution in [0.5, 0.6) is 0 Å². The average molecular weight is 264 g/mol. The van der Waals surface area contributed by atoms with Crippen molar-refractivity contribution in [3.8, 4) is 0 Å². The lowest BCUT2D eigenvalue weighted by atomic mass is 9.75. The number of carbonyl (C=O) groups excluding carboxylic acids is 1. The van der Waals surface area contributed by atoms with E-state index in [2.05, 4.69) is 20.8 Å². The minimum absolute atomic E-state index is 0.0656. The average Bonchev–Trinajstić information content (AvgIpc) is 2.86. The molecule has 0 atom stereocenters. The van der Waals surface area contributed by atoms with Crippen LogP contribution in [-0.4, -0.2) is 23.9 Å². The predicted octanol–water partition coefficient (Wildman–Crippen LogP) is 2.64. The molecule has 2 heterocycles. The molecule has 0 unspecified atom stereocenters. The lowest BCUT2D eigenvalue weighted by molar-refractivity contribution is 0.0608. The molecular formula is C15H24N2O2. The van der Waals surface area contributed by atoms with Crippen molar-refractivity contribution in [1.29, 1.82) is 0 Å². The third kappa shape index (κ3) is 3.18. The fourth-order valence-corrected chi connectivity index (χ4v) is 2.73. The summed E-state index contributed by atoms with van der Waals surface area (Å²) >= 11 is 0. The van der Waals surface area contributed by atoms with Crippen LogP contribution in [0.2, 0.25) is 0 Å². The van der Waals surface area contributed by atoms with Crippen molar-refractivity contribution in [2.75, 3.05) is 13.1 Å².